The molecule has 0 bridgehead atoms. The van der Waals surface area contributed by atoms with Crippen LogP contribution in [0, 0.1) is 0 Å². The van der Waals surface area contributed by atoms with Crippen molar-refractivity contribution in [1.82, 2.24) is 9.29 Å². The number of H-pyrrole nitrogens is 1. The number of aromatic nitrogens is 1. The van der Waals surface area contributed by atoms with E-state index in [0.717, 1.165) is 24.8 Å². The molecule has 3 N–H and O–H groups in total. The third-order valence-electron chi connectivity index (χ3n) is 4.05. The number of hydrogen-bond donors (Lipinski definition) is 2. The minimum atomic E-state index is -3.43. The van der Waals surface area contributed by atoms with Crippen molar-refractivity contribution in [3.05, 3.63) is 24.4 Å². The number of sulfonamides is 1. The average molecular weight is 293 g/mol. The number of nitrogen functional groups attached to an aromatic ring is 1. The van der Waals surface area contributed by atoms with Crippen LogP contribution in [-0.4, -0.2) is 30.3 Å². The second-order valence-electron chi connectivity index (χ2n) is 5.28. The van der Waals surface area contributed by atoms with Crippen molar-refractivity contribution < 1.29 is 8.42 Å². The Morgan fingerprint density at radius 1 is 1.45 bits per heavy atom. The third-order valence-corrected chi connectivity index (χ3v) is 6.04. The van der Waals surface area contributed by atoms with Crippen LogP contribution in [0.2, 0.25) is 0 Å². The van der Waals surface area contributed by atoms with Gasteiger partial charge in [0, 0.05) is 35.4 Å². The molecule has 3 rings (SSSR count). The Kier molecular flexibility index (Phi) is 3.22. The van der Waals surface area contributed by atoms with Crippen LogP contribution in [0.5, 0.6) is 0 Å². The van der Waals surface area contributed by atoms with E-state index < -0.39 is 10.0 Å². The maximum atomic E-state index is 12.8. The largest absolute Gasteiger partial charge is 0.399 e. The molecular weight excluding hydrogens is 274 g/mol. The van der Waals surface area contributed by atoms with E-state index in [-0.39, 0.29) is 6.04 Å². The van der Waals surface area contributed by atoms with Crippen molar-refractivity contribution in [1.29, 1.82) is 0 Å². The van der Waals surface area contributed by atoms with E-state index in [1.165, 1.54) is 0 Å². The molecule has 2 heterocycles. The maximum Gasteiger partial charge on any atom is 0.245 e. The zero-order chi connectivity index (χ0) is 14.3. The van der Waals surface area contributed by atoms with Gasteiger partial charge in [-0.3, -0.25) is 0 Å². The zero-order valence-corrected chi connectivity index (χ0v) is 12.3. The molecule has 0 amide bonds. The van der Waals surface area contributed by atoms with Gasteiger partial charge in [0.25, 0.3) is 0 Å². The lowest BCUT2D eigenvalue weighted by Gasteiger charge is -2.22. The molecule has 1 aliphatic rings. The van der Waals surface area contributed by atoms with Crippen LogP contribution in [0.3, 0.4) is 0 Å². The Balaban J connectivity index is 2.10. The standard InChI is InChI=1S/C14H19N3O2S/c1-2-11-4-3-7-17(11)20(18,19)14-9-16-13-8-10(15)5-6-12(13)14/h5-6,8-9,11,16H,2-4,7,15H2,1H3. The lowest BCUT2D eigenvalue weighted by molar-refractivity contribution is 0.380. The van der Waals surface area contributed by atoms with Crippen molar-refractivity contribution in [2.75, 3.05) is 12.3 Å². The zero-order valence-electron chi connectivity index (χ0n) is 11.5. The van der Waals surface area contributed by atoms with Crippen LogP contribution >= 0.6 is 0 Å². The monoisotopic (exact) mass is 293 g/mol. The highest BCUT2D eigenvalue weighted by Gasteiger charge is 2.35. The Bertz CT molecular complexity index is 736. The van der Waals surface area contributed by atoms with Crippen LogP contribution in [0.1, 0.15) is 26.2 Å². The number of rotatable bonds is 3. The minimum Gasteiger partial charge on any atom is -0.399 e. The average Bonchev–Trinajstić information content (AvgIpc) is 3.04. The molecule has 5 nitrogen and oxygen atoms in total. The van der Waals surface area contributed by atoms with Gasteiger partial charge in [-0.15, -0.1) is 0 Å². The van der Waals surface area contributed by atoms with Gasteiger partial charge in [0.15, 0.2) is 0 Å². The number of nitrogens with two attached hydrogens (primary N) is 1. The fourth-order valence-electron chi connectivity index (χ4n) is 2.99. The van der Waals surface area contributed by atoms with E-state index in [2.05, 4.69) is 4.98 Å². The molecule has 6 heteroatoms. The second-order valence-corrected chi connectivity index (χ2v) is 7.14. The van der Waals surface area contributed by atoms with Gasteiger partial charge in [0.2, 0.25) is 10.0 Å². The van der Waals surface area contributed by atoms with E-state index in [4.69, 9.17) is 5.73 Å². The number of fused-ring (bicyclic) bond motifs is 1. The van der Waals surface area contributed by atoms with E-state index in [1.807, 2.05) is 6.92 Å². The molecule has 2 aromatic rings. The summed E-state index contributed by atoms with van der Waals surface area (Å²) in [5.74, 6) is 0. The minimum absolute atomic E-state index is 0.124. The number of benzene rings is 1. The van der Waals surface area contributed by atoms with Gasteiger partial charge in [0.05, 0.1) is 0 Å². The van der Waals surface area contributed by atoms with E-state index >= 15 is 0 Å². The first-order valence-electron chi connectivity index (χ1n) is 6.92. The molecule has 1 aliphatic heterocycles. The maximum absolute atomic E-state index is 12.8. The highest BCUT2D eigenvalue weighted by atomic mass is 32.2. The summed E-state index contributed by atoms with van der Waals surface area (Å²) in [6.07, 6.45) is 4.32. The summed E-state index contributed by atoms with van der Waals surface area (Å²) < 4.78 is 27.3. The van der Waals surface area contributed by atoms with Crippen molar-refractivity contribution in [3.63, 3.8) is 0 Å². The molecule has 0 aliphatic carbocycles. The lowest BCUT2D eigenvalue weighted by Crippen LogP contribution is -2.34. The first-order chi connectivity index (χ1) is 9.54. The molecule has 0 saturated carbocycles. The summed E-state index contributed by atoms with van der Waals surface area (Å²) in [7, 11) is -3.43. The van der Waals surface area contributed by atoms with Crippen molar-refractivity contribution in [2.24, 2.45) is 0 Å². The normalized spacial score (nSPS) is 20.8. The molecule has 1 aromatic carbocycles. The Labute approximate surface area is 118 Å². The van der Waals surface area contributed by atoms with Gasteiger partial charge in [0.1, 0.15) is 4.90 Å². The van der Waals surface area contributed by atoms with Gasteiger partial charge in [-0.05, 0) is 37.5 Å². The van der Waals surface area contributed by atoms with Crippen molar-refractivity contribution in [2.45, 2.75) is 37.1 Å². The number of nitrogens with zero attached hydrogens (tertiary/aromatic N) is 1. The SMILES string of the molecule is CCC1CCCN1S(=O)(=O)c1c[nH]c2cc(N)ccc12. The predicted octanol–water partition coefficient (Wildman–Crippen LogP) is 2.31. The Morgan fingerprint density at radius 3 is 3.00 bits per heavy atom. The first-order valence-corrected chi connectivity index (χ1v) is 8.36. The van der Waals surface area contributed by atoms with Crippen LogP contribution in [-0.2, 0) is 10.0 Å². The molecule has 1 aromatic heterocycles. The Hall–Kier alpha value is -1.53. The summed E-state index contributed by atoms with van der Waals surface area (Å²) >= 11 is 0. The van der Waals surface area contributed by atoms with E-state index in [1.54, 1.807) is 28.7 Å². The van der Waals surface area contributed by atoms with Gasteiger partial charge in [-0.2, -0.15) is 4.31 Å². The summed E-state index contributed by atoms with van der Waals surface area (Å²) in [4.78, 5) is 3.36. The molecule has 20 heavy (non-hydrogen) atoms. The number of hydrogen-bond acceptors (Lipinski definition) is 3. The topological polar surface area (TPSA) is 79.2 Å². The summed E-state index contributed by atoms with van der Waals surface area (Å²) in [6, 6.07) is 5.38. The van der Waals surface area contributed by atoms with Crippen molar-refractivity contribution >= 4 is 26.6 Å². The third kappa shape index (κ3) is 1.99. The fourth-order valence-corrected chi connectivity index (χ4v) is 4.92. The Morgan fingerprint density at radius 2 is 2.25 bits per heavy atom. The number of nitrogens with one attached hydrogen (secondary N) is 1. The van der Waals surface area contributed by atoms with Gasteiger partial charge < -0.3 is 10.7 Å². The number of aromatic amines is 1. The smallest absolute Gasteiger partial charge is 0.245 e. The number of anilines is 1. The molecule has 1 atom stereocenters. The van der Waals surface area contributed by atoms with E-state index in [9.17, 15) is 8.42 Å². The molecule has 0 spiro atoms. The molecule has 1 fully saturated rings. The molecule has 1 saturated heterocycles. The fraction of sp³-hybridized carbons (Fsp3) is 0.429. The van der Waals surface area contributed by atoms with Crippen LogP contribution in [0.15, 0.2) is 29.3 Å². The van der Waals surface area contributed by atoms with Crippen LogP contribution in [0.4, 0.5) is 5.69 Å². The van der Waals surface area contributed by atoms with Crippen LogP contribution < -0.4 is 5.73 Å². The quantitative estimate of drug-likeness (QED) is 0.852. The van der Waals surface area contributed by atoms with Gasteiger partial charge >= 0.3 is 0 Å². The summed E-state index contributed by atoms with van der Waals surface area (Å²) in [5, 5.41) is 0.709. The van der Waals surface area contributed by atoms with E-state index in [0.29, 0.717) is 22.5 Å². The summed E-state index contributed by atoms with van der Waals surface area (Å²) in [6.45, 7) is 2.65. The molecule has 1 unspecified atom stereocenters. The first kappa shape index (κ1) is 13.5. The molecule has 0 radical (unpaired) electrons. The highest BCUT2D eigenvalue weighted by Crippen LogP contribution is 2.32. The predicted molar refractivity (Wildman–Crippen MR) is 79.9 cm³/mol. The van der Waals surface area contributed by atoms with Gasteiger partial charge in [-0.25, -0.2) is 8.42 Å². The van der Waals surface area contributed by atoms with Crippen molar-refractivity contribution in [3.8, 4) is 0 Å². The highest BCUT2D eigenvalue weighted by molar-refractivity contribution is 7.89. The van der Waals surface area contributed by atoms with Crippen LogP contribution in [0.25, 0.3) is 10.9 Å². The van der Waals surface area contributed by atoms with Gasteiger partial charge in [-0.1, -0.05) is 6.92 Å². The lowest BCUT2D eigenvalue weighted by atomic mass is 10.2. The molecule has 108 valence electrons. The second kappa shape index (κ2) is 4.79. The summed E-state index contributed by atoms with van der Waals surface area (Å²) in [5.41, 5.74) is 7.11. The molecular formula is C14H19N3O2S.